The first-order valence-electron chi connectivity index (χ1n) is 4.97. The monoisotopic (exact) mass is 229 g/mol. The van der Waals surface area contributed by atoms with Gasteiger partial charge in [-0.1, -0.05) is 0 Å². The predicted molar refractivity (Wildman–Crippen MR) is 54.4 cm³/mol. The average molecular weight is 229 g/mol. The van der Waals surface area contributed by atoms with Gasteiger partial charge >= 0.3 is 5.97 Å². The van der Waals surface area contributed by atoms with Crippen LogP contribution in [0, 0.1) is 0 Å². The zero-order chi connectivity index (χ0) is 12.0. The Morgan fingerprint density at radius 2 is 2.31 bits per heavy atom. The molecule has 0 radical (unpaired) electrons. The highest BCUT2D eigenvalue weighted by Gasteiger charge is 2.18. The summed E-state index contributed by atoms with van der Waals surface area (Å²) in [6, 6.07) is 0. The summed E-state index contributed by atoms with van der Waals surface area (Å²) in [5.74, 6) is -0.937. The number of hydrogen-bond acceptors (Lipinski definition) is 5. The van der Waals surface area contributed by atoms with E-state index in [-0.39, 0.29) is 12.4 Å². The lowest BCUT2D eigenvalue weighted by molar-refractivity contribution is 0.0652. The van der Waals surface area contributed by atoms with Crippen molar-refractivity contribution in [2.24, 2.45) is 0 Å². The van der Waals surface area contributed by atoms with E-state index in [1.807, 2.05) is 6.92 Å². The van der Waals surface area contributed by atoms with Crippen molar-refractivity contribution in [3.63, 3.8) is 0 Å². The van der Waals surface area contributed by atoms with Crippen molar-refractivity contribution in [2.75, 3.05) is 20.3 Å². The second-order valence-electron chi connectivity index (χ2n) is 3.07. The standard InChI is InChI=1S/C10H15NO5/c1-3-15-5-4-8-11-7(6-14-2)9(16-8)10(12)13/h3-6H2,1-2H3,(H,12,13). The molecule has 0 atom stereocenters. The summed E-state index contributed by atoms with van der Waals surface area (Å²) in [6.45, 7) is 3.08. The van der Waals surface area contributed by atoms with Gasteiger partial charge in [0.15, 0.2) is 5.89 Å². The highest BCUT2D eigenvalue weighted by molar-refractivity contribution is 5.85. The van der Waals surface area contributed by atoms with E-state index >= 15 is 0 Å². The molecule has 0 saturated heterocycles. The molecule has 6 heteroatoms. The first-order chi connectivity index (χ1) is 7.69. The van der Waals surface area contributed by atoms with Gasteiger partial charge in [0.25, 0.3) is 0 Å². The third kappa shape index (κ3) is 3.32. The Kier molecular flexibility index (Phi) is 4.94. The molecule has 0 spiro atoms. The molecule has 0 aliphatic rings. The van der Waals surface area contributed by atoms with E-state index in [2.05, 4.69) is 4.98 Å². The third-order valence-corrected chi connectivity index (χ3v) is 1.88. The number of methoxy groups -OCH3 is 1. The van der Waals surface area contributed by atoms with Crippen molar-refractivity contribution in [3.05, 3.63) is 17.3 Å². The summed E-state index contributed by atoms with van der Waals surface area (Å²) < 4.78 is 15.1. The number of nitrogens with zero attached hydrogens (tertiary/aromatic N) is 1. The van der Waals surface area contributed by atoms with Crippen molar-refractivity contribution in [3.8, 4) is 0 Å². The Morgan fingerprint density at radius 3 is 2.88 bits per heavy atom. The fourth-order valence-corrected chi connectivity index (χ4v) is 1.21. The van der Waals surface area contributed by atoms with Crippen LogP contribution in [0.1, 0.15) is 29.1 Å². The number of rotatable bonds is 7. The summed E-state index contributed by atoms with van der Waals surface area (Å²) in [5, 5.41) is 8.86. The summed E-state index contributed by atoms with van der Waals surface area (Å²) >= 11 is 0. The molecule has 1 N–H and O–H groups in total. The number of carboxylic acids is 1. The Hall–Kier alpha value is -1.40. The van der Waals surface area contributed by atoms with Gasteiger partial charge in [0, 0.05) is 20.1 Å². The zero-order valence-corrected chi connectivity index (χ0v) is 9.36. The van der Waals surface area contributed by atoms with Crippen LogP contribution in [0.2, 0.25) is 0 Å². The van der Waals surface area contributed by atoms with Crippen molar-refractivity contribution in [1.29, 1.82) is 0 Å². The van der Waals surface area contributed by atoms with Crippen LogP contribution in [0.15, 0.2) is 4.42 Å². The lowest BCUT2D eigenvalue weighted by Gasteiger charge is -1.95. The molecular formula is C10H15NO5. The maximum atomic E-state index is 10.8. The topological polar surface area (TPSA) is 81.8 Å². The average Bonchev–Trinajstić information content (AvgIpc) is 2.62. The molecule has 0 saturated carbocycles. The number of carbonyl (C=O) groups is 1. The lowest BCUT2D eigenvalue weighted by atomic mass is 10.3. The first-order valence-corrected chi connectivity index (χ1v) is 4.97. The second kappa shape index (κ2) is 6.24. The van der Waals surface area contributed by atoms with E-state index in [4.69, 9.17) is 19.0 Å². The molecule has 90 valence electrons. The zero-order valence-electron chi connectivity index (χ0n) is 9.36. The fourth-order valence-electron chi connectivity index (χ4n) is 1.21. The van der Waals surface area contributed by atoms with Gasteiger partial charge in [-0.05, 0) is 6.92 Å². The minimum Gasteiger partial charge on any atom is -0.475 e. The Morgan fingerprint density at radius 1 is 1.56 bits per heavy atom. The number of carboxylic acid groups (broad SMARTS) is 1. The smallest absolute Gasteiger partial charge is 0.373 e. The van der Waals surface area contributed by atoms with E-state index in [1.54, 1.807) is 0 Å². The molecule has 1 rings (SSSR count). The summed E-state index contributed by atoms with van der Waals surface area (Å²) in [5.41, 5.74) is 0.307. The van der Waals surface area contributed by atoms with Crippen LogP contribution >= 0.6 is 0 Å². The van der Waals surface area contributed by atoms with Crippen molar-refractivity contribution >= 4 is 5.97 Å². The molecule has 0 unspecified atom stereocenters. The molecule has 0 fully saturated rings. The molecule has 1 heterocycles. The van der Waals surface area contributed by atoms with E-state index in [0.717, 1.165) is 0 Å². The van der Waals surface area contributed by atoms with Crippen LogP contribution in [0.3, 0.4) is 0 Å². The Bertz CT molecular complexity index is 347. The third-order valence-electron chi connectivity index (χ3n) is 1.88. The first kappa shape index (κ1) is 12.7. The van der Waals surface area contributed by atoms with Crippen LogP contribution < -0.4 is 0 Å². The van der Waals surface area contributed by atoms with Crippen molar-refractivity contribution in [2.45, 2.75) is 20.0 Å². The Labute approximate surface area is 93.2 Å². The molecule has 0 aliphatic heterocycles. The molecule has 16 heavy (non-hydrogen) atoms. The van der Waals surface area contributed by atoms with Crippen LogP contribution in [0.25, 0.3) is 0 Å². The van der Waals surface area contributed by atoms with E-state index in [0.29, 0.717) is 31.2 Å². The van der Waals surface area contributed by atoms with Gasteiger partial charge in [-0.2, -0.15) is 0 Å². The SMILES string of the molecule is CCOCCc1nc(COC)c(C(=O)O)o1. The number of aromatic nitrogens is 1. The summed E-state index contributed by atoms with van der Waals surface area (Å²) in [6.07, 6.45) is 0.456. The molecular weight excluding hydrogens is 214 g/mol. The fraction of sp³-hybridized carbons (Fsp3) is 0.600. The van der Waals surface area contributed by atoms with Crippen LogP contribution in [0.4, 0.5) is 0 Å². The summed E-state index contributed by atoms with van der Waals surface area (Å²) in [7, 11) is 1.47. The second-order valence-corrected chi connectivity index (χ2v) is 3.07. The van der Waals surface area contributed by atoms with Crippen LogP contribution in [-0.4, -0.2) is 36.4 Å². The molecule has 0 amide bonds. The normalized spacial score (nSPS) is 10.6. The highest BCUT2D eigenvalue weighted by atomic mass is 16.5. The predicted octanol–water partition coefficient (Wildman–Crippen LogP) is 1.10. The van der Waals surface area contributed by atoms with Gasteiger partial charge in [0.05, 0.1) is 13.2 Å². The number of aromatic carboxylic acids is 1. The molecule has 1 aromatic heterocycles. The van der Waals surface area contributed by atoms with E-state index in [1.165, 1.54) is 7.11 Å². The van der Waals surface area contributed by atoms with Gasteiger partial charge in [0.2, 0.25) is 5.76 Å². The van der Waals surface area contributed by atoms with Gasteiger partial charge < -0.3 is 19.0 Å². The van der Waals surface area contributed by atoms with Gasteiger partial charge in [-0.3, -0.25) is 0 Å². The number of hydrogen-bond donors (Lipinski definition) is 1. The van der Waals surface area contributed by atoms with Crippen molar-refractivity contribution in [1.82, 2.24) is 4.98 Å². The van der Waals surface area contributed by atoms with Crippen LogP contribution in [-0.2, 0) is 22.5 Å². The molecule has 6 nitrogen and oxygen atoms in total. The molecule has 0 aromatic carbocycles. The summed E-state index contributed by atoms with van der Waals surface area (Å²) in [4.78, 5) is 14.9. The van der Waals surface area contributed by atoms with Gasteiger partial charge in [0.1, 0.15) is 5.69 Å². The van der Waals surface area contributed by atoms with Crippen LogP contribution in [0.5, 0.6) is 0 Å². The van der Waals surface area contributed by atoms with E-state index < -0.39 is 5.97 Å². The molecule has 0 bridgehead atoms. The van der Waals surface area contributed by atoms with E-state index in [9.17, 15) is 4.79 Å². The lowest BCUT2D eigenvalue weighted by Crippen LogP contribution is -2.00. The van der Waals surface area contributed by atoms with Gasteiger partial charge in [-0.25, -0.2) is 9.78 Å². The maximum Gasteiger partial charge on any atom is 0.373 e. The number of ether oxygens (including phenoxy) is 2. The molecule has 1 aromatic rings. The minimum atomic E-state index is -1.14. The quantitative estimate of drug-likeness (QED) is 0.705. The molecule has 0 aliphatic carbocycles. The largest absolute Gasteiger partial charge is 0.475 e. The van der Waals surface area contributed by atoms with Crippen molar-refractivity contribution < 1.29 is 23.8 Å². The highest BCUT2D eigenvalue weighted by Crippen LogP contribution is 2.12. The van der Waals surface area contributed by atoms with Gasteiger partial charge in [-0.15, -0.1) is 0 Å². The maximum absolute atomic E-state index is 10.8. The number of oxazole rings is 1. The minimum absolute atomic E-state index is 0.125. The Balaban J connectivity index is 2.72.